The molecule has 0 unspecified atom stereocenters. The third kappa shape index (κ3) is 6.03. The highest BCUT2D eigenvalue weighted by atomic mass is 35.5. The molecular formula is C22H26Cl2N2O4. The zero-order valence-corrected chi connectivity index (χ0v) is 19.2. The Morgan fingerprint density at radius 1 is 1.07 bits per heavy atom. The first-order valence-corrected chi connectivity index (χ1v) is 10.2. The van der Waals surface area contributed by atoms with Crippen molar-refractivity contribution in [1.82, 2.24) is 4.90 Å². The number of methoxy groups -OCH3 is 1. The highest BCUT2D eigenvalue weighted by Crippen LogP contribution is 2.37. The second-order valence-electron chi connectivity index (χ2n) is 7.37. The van der Waals surface area contributed by atoms with E-state index in [0.29, 0.717) is 40.3 Å². The maximum atomic E-state index is 12.8. The van der Waals surface area contributed by atoms with E-state index in [1.165, 1.54) is 24.1 Å². The quantitative estimate of drug-likeness (QED) is 0.583. The standard InChI is InChI=1S/C22H26Cl2N2O4/c1-13(2)8-9-30-20-17(24)10-15(12-19(20)29-5)21(27)25-18-11-14(6-7-16(18)23)22(28)26(3)4/h6-7,10-13H,8-9H2,1-5H3,(H,25,27). The first kappa shape index (κ1) is 23.8. The summed E-state index contributed by atoms with van der Waals surface area (Å²) in [7, 11) is 4.78. The monoisotopic (exact) mass is 452 g/mol. The minimum atomic E-state index is -0.444. The van der Waals surface area contributed by atoms with Gasteiger partial charge in [-0.05, 0) is 42.7 Å². The van der Waals surface area contributed by atoms with E-state index in [1.54, 1.807) is 32.3 Å². The first-order chi connectivity index (χ1) is 14.1. The second-order valence-corrected chi connectivity index (χ2v) is 8.18. The number of nitrogens with zero attached hydrogens (tertiary/aromatic N) is 1. The summed E-state index contributed by atoms with van der Waals surface area (Å²) in [6, 6.07) is 7.75. The molecule has 0 bridgehead atoms. The topological polar surface area (TPSA) is 67.9 Å². The Labute approximate surface area is 187 Å². The summed E-state index contributed by atoms with van der Waals surface area (Å²) in [4.78, 5) is 26.4. The fourth-order valence-corrected chi connectivity index (χ4v) is 3.02. The summed E-state index contributed by atoms with van der Waals surface area (Å²) in [5, 5.41) is 3.30. The summed E-state index contributed by atoms with van der Waals surface area (Å²) in [6.07, 6.45) is 0.863. The van der Waals surface area contributed by atoms with Crippen molar-refractivity contribution in [3.8, 4) is 11.5 Å². The van der Waals surface area contributed by atoms with E-state index in [2.05, 4.69) is 19.2 Å². The van der Waals surface area contributed by atoms with Gasteiger partial charge in [-0.25, -0.2) is 0 Å². The van der Waals surface area contributed by atoms with Crippen LogP contribution in [-0.4, -0.2) is 44.5 Å². The highest BCUT2D eigenvalue weighted by Gasteiger charge is 2.18. The number of hydrogen-bond donors (Lipinski definition) is 1. The Morgan fingerprint density at radius 3 is 2.37 bits per heavy atom. The molecule has 30 heavy (non-hydrogen) atoms. The molecule has 0 radical (unpaired) electrons. The molecule has 8 heteroatoms. The van der Waals surface area contributed by atoms with Crippen LogP contribution in [0.2, 0.25) is 10.0 Å². The molecule has 0 fully saturated rings. The normalized spacial score (nSPS) is 10.7. The van der Waals surface area contributed by atoms with Crippen molar-refractivity contribution in [2.24, 2.45) is 5.92 Å². The van der Waals surface area contributed by atoms with E-state index in [4.69, 9.17) is 32.7 Å². The van der Waals surface area contributed by atoms with E-state index in [0.717, 1.165) is 6.42 Å². The molecule has 6 nitrogen and oxygen atoms in total. The molecule has 0 spiro atoms. The van der Waals surface area contributed by atoms with Crippen LogP contribution >= 0.6 is 23.2 Å². The Kier molecular flexibility index (Phi) is 8.38. The van der Waals surface area contributed by atoms with Crippen LogP contribution in [0, 0.1) is 5.92 Å². The van der Waals surface area contributed by atoms with Crippen molar-refractivity contribution >= 4 is 40.7 Å². The third-order valence-electron chi connectivity index (χ3n) is 4.30. The van der Waals surface area contributed by atoms with Crippen LogP contribution < -0.4 is 14.8 Å². The van der Waals surface area contributed by atoms with Crippen LogP contribution in [0.5, 0.6) is 11.5 Å². The molecule has 0 aromatic heterocycles. The number of ether oxygens (including phenoxy) is 2. The first-order valence-electron chi connectivity index (χ1n) is 9.47. The van der Waals surface area contributed by atoms with Gasteiger partial charge in [-0.3, -0.25) is 9.59 Å². The second kappa shape index (κ2) is 10.5. The fourth-order valence-electron chi connectivity index (χ4n) is 2.59. The van der Waals surface area contributed by atoms with Gasteiger partial charge in [0.1, 0.15) is 0 Å². The molecule has 2 aromatic rings. The fraction of sp³-hybridized carbons (Fsp3) is 0.364. The van der Waals surface area contributed by atoms with Gasteiger partial charge < -0.3 is 19.7 Å². The number of carbonyl (C=O) groups is 2. The van der Waals surface area contributed by atoms with Crippen LogP contribution in [0.3, 0.4) is 0 Å². The summed E-state index contributed by atoms with van der Waals surface area (Å²) in [5.74, 6) is 0.599. The van der Waals surface area contributed by atoms with Gasteiger partial charge in [0.25, 0.3) is 11.8 Å². The van der Waals surface area contributed by atoms with Crippen LogP contribution in [0.4, 0.5) is 5.69 Å². The number of halogens is 2. The highest BCUT2D eigenvalue weighted by molar-refractivity contribution is 6.34. The molecule has 0 aliphatic carbocycles. The Balaban J connectivity index is 2.26. The summed E-state index contributed by atoms with van der Waals surface area (Å²) in [5.41, 5.74) is 0.999. The van der Waals surface area contributed by atoms with Crippen molar-refractivity contribution in [2.45, 2.75) is 20.3 Å². The lowest BCUT2D eigenvalue weighted by atomic mass is 10.1. The summed E-state index contributed by atoms with van der Waals surface area (Å²) in [6.45, 7) is 4.69. The number of hydrogen-bond acceptors (Lipinski definition) is 4. The van der Waals surface area contributed by atoms with E-state index in [9.17, 15) is 9.59 Å². The summed E-state index contributed by atoms with van der Waals surface area (Å²) < 4.78 is 11.1. The molecular weight excluding hydrogens is 427 g/mol. The lowest BCUT2D eigenvalue weighted by molar-refractivity contribution is 0.0827. The van der Waals surface area contributed by atoms with Crippen LogP contribution in [0.1, 0.15) is 41.0 Å². The Bertz CT molecular complexity index is 930. The average Bonchev–Trinajstić information content (AvgIpc) is 2.69. The molecule has 0 saturated carbocycles. The minimum absolute atomic E-state index is 0.199. The predicted molar refractivity (Wildman–Crippen MR) is 120 cm³/mol. The summed E-state index contributed by atoms with van der Waals surface area (Å²) >= 11 is 12.5. The number of rotatable bonds is 8. The lowest BCUT2D eigenvalue weighted by Gasteiger charge is -2.16. The maximum absolute atomic E-state index is 12.8. The van der Waals surface area contributed by atoms with E-state index >= 15 is 0 Å². The smallest absolute Gasteiger partial charge is 0.255 e. The largest absolute Gasteiger partial charge is 0.493 e. The van der Waals surface area contributed by atoms with Gasteiger partial charge in [0.2, 0.25) is 0 Å². The van der Waals surface area contributed by atoms with Crippen molar-refractivity contribution in [2.75, 3.05) is 33.1 Å². The van der Waals surface area contributed by atoms with Gasteiger partial charge in [-0.1, -0.05) is 37.0 Å². The van der Waals surface area contributed by atoms with Crippen molar-refractivity contribution in [3.05, 3.63) is 51.5 Å². The Morgan fingerprint density at radius 2 is 1.77 bits per heavy atom. The van der Waals surface area contributed by atoms with Gasteiger partial charge in [0.05, 0.1) is 29.4 Å². The lowest BCUT2D eigenvalue weighted by Crippen LogP contribution is -2.22. The third-order valence-corrected chi connectivity index (χ3v) is 4.91. The molecule has 0 aliphatic heterocycles. The number of amides is 2. The van der Waals surface area contributed by atoms with E-state index in [1.807, 2.05) is 0 Å². The molecule has 2 aromatic carbocycles. The predicted octanol–water partition coefficient (Wildman–Crippen LogP) is 5.38. The number of anilines is 1. The molecule has 0 saturated heterocycles. The van der Waals surface area contributed by atoms with Crippen molar-refractivity contribution in [3.63, 3.8) is 0 Å². The molecule has 1 N–H and O–H groups in total. The van der Waals surface area contributed by atoms with Gasteiger partial charge >= 0.3 is 0 Å². The Hall–Kier alpha value is -2.44. The van der Waals surface area contributed by atoms with Gasteiger partial charge in [0.15, 0.2) is 11.5 Å². The average molecular weight is 453 g/mol. The van der Waals surface area contributed by atoms with Crippen LogP contribution in [-0.2, 0) is 0 Å². The number of benzene rings is 2. The van der Waals surface area contributed by atoms with Crippen molar-refractivity contribution in [1.29, 1.82) is 0 Å². The molecule has 162 valence electrons. The zero-order valence-electron chi connectivity index (χ0n) is 17.7. The van der Waals surface area contributed by atoms with Gasteiger partial charge in [-0.2, -0.15) is 0 Å². The molecule has 0 heterocycles. The molecule has 2 rings (SSSR count). The molecule has 2 amide bonds. The molecule has 0 aliphatic rings. The van der Waals surface area contributed by atoms with Gasteiger partial charge in [-0.15, -0.1) is 0 Å². The minimum Gasteiger partial charge on any atom is -0.493 e. The van der Waals surface area contributed by atoms with Crippen molar-refractivity contribution < 1.29 is 19.1 Å². The van der Waals surface area contributed by atoms with Crippen LogP contribution in [0.25, 0.3) is 0 Å². The number of carbonyl (C=O) groups excluding carboxylic acids is 2. The zero-order chi connectivity index (χ0) is 22.4. The van der Waals surface area contributed by atoms with E-state index in [-0.39, 0.29) is 16.5 Å². The SMILES string of the molecule is COc1cc(C(=O)Nc2cc(C(=O)N(C)C)ccc2Cl)cc(Cl)c1OCCC(C)C. The number of nitrogens with one attached hydrogen (secondary N) is 1. The molecule has 0 atom stereocenters. The van der Waals surface area contributed by atoms with E-state index < -0.39 is 5.91 Å². The van der Waals surface area contributed by atoms with Crippen LogP contribution in [0.15, 0.2) is 30.3 Å². The maximum Gasteiger partial charge on any atom is 0.255 e. The van der Waals surface area contributed by atoms with Gasteiger partial charge in [0, 0.05) is 25.2 Å².